The second-order valence-electron chi connectivity index (χ2n) is 6.74. The molecule has 1 atom stereocenters. The van der Waals surface area contributed by atoms with E-state index in [0.29, 0.717) is 11.3 Å². The van der Waals surface area contributed by atoms with Gasteiger partial charge in [-0.05, 0) is 61.9 Å². The fourth-order valence-electron chi connectivity index (χ4n) is 3.53. The molecule has 1 aromatic carbocycles. The van der Waals surface area contributed by atoms with Crippen molar-refractivity contribution in [3.63, 3.8) is 0 Å². The van der Waals surface area contributed by atoms with E-state index in [4.69, 9.17) is 0 Å². The van der Waals surface area contributed by atoms with E-state index < -0.39 is 6.43 Å². The molecule has 1 unspecified atom stereocenters. The second-order valence-corrected chi connectivity index (χ2v) is 6.74. The monoisotopic (exact) mass is 371 g/mol. The smallest absolute Gasteiger partial charge is 0.278 e. The van der Waals surface area contributed by atoms with Gasteiger partial charge in [-0.1, -0.05) is 24.3 Å². The van der Waals surface area contributed by atoms with Crippen LogP contribution in [-0.2, 0) is 11.2 Å². The summed E-state index contributed by atoms with van der Waals surface area (Å²) in [6.45, 7) is 3.58. The van der Waals surface area contributed by atoms with Crippen LogP contribution in [0.15, 0.2) is 42.6 Å². The number of hydrogen-bond donors (Lipinski definition) is 1. The third-order valence-corrected chi connectivity index (χ3v) is 4.83. The Kier molecular flexibility index (Phi) is 5.84. The largest absolute Gasteiger partial charge is 0.352 e. The maximum atomic E-state index is 12.6. The van der Waals surface area contributed by atoms with Gasteiger partial charge in [0.2, 0.25) is 6.41 Å². The molecule has 1 aliphatic rings. The van der Waals surface area contributed by atoms with Gasteiger partial charge in [-0.25, -0.2) is 13.8 Å². The molecule has 0 saturated heterocycles. The van der Waals surface area contributed by atoms with E-state index in [1.807, 2.05) is 13.0 Å². The average Bonchev–Trinajstić information content (AvgIpc) is 3.03. The minimum atomic E-state index is -2.47. The van der Waals surface area contributed by atoms with Gasteiger partial charge in [0.25, 0.3) is 6.43 Å². The predicted molar refractivity (Wildman–Crippen MR) is 101 cm³/mol. The average molecular weight is 371 g/mol. The summed E-state index contributed by atoms with van der Waals surface area (Å²) < 4.78 is 26.7. The number of aromatic nitrogens is 2. The maximum absolute atomic E-state index is 12.6. The van der Waals surface area contributed by atoms with Gasteiger partial charge >= 0.3 is 0 Å². The SMILES string of the molecule is Cc1cc(C(F)F)n2ccc(C)c2n1.O=CNC1CCCc2ccccc21. The molecule has 4 nitrogen and oxygen atoms in total. The zero-order valence-corrected chi connectivity index (χ0v) is 15.5. The van der Waals surface area contributed by atoms with E-state index in [1.165, 1.54) is 28.0 Å². The zero-order chi connectivity index (χ0) is 19.4. The van der Waals surface area contributed by atoms with Gasteiger partial charge in [0.15, 0.2) is 0 Å². The molecule has 2 aromatic heterocycles. The molecule has 4 rings (SSSR count). The Labute approximate surface area is 157 Å². The van der Waals surface area contributed by atoms with Crippen molar-refractivity contribution in [2.24, 2.45) is 0 Å². The fraction of sp³-hybridized carbons (Fsp3) is 0.333. The number of carbonyl (C=O) groups excluding carboxylic acids is 1. The highest BCUT2D eigenvalue weighted by Crippen LogP contribution is 2.28. The number of nitrogens with zero attached hydrogens (tertiary/aromatic N) is 2. The van der Waals surface area contributed by atoms with Crippen LogP contribution in [0, 0.1) is 13.8 Å². The molecule has 27 heavy (non-hydrogen) atoms. The van der Waals surface area contributed by atoms with E-state index in [2.05, 4.69) is 28.5 Å². The highest BCUT2D eigenvalue weighted by Gasteiger charge is 2.18. The molecule has 142 valence electrons. The lowest BCUT2D eigenvalue weighted by atomic mass is 9.88. The van der Waals surface area contributed by atoms with Gasteiger partial charge in [0, 0.05) is 11.9 Å². The van der Waals surface area contributed by atoms with Gasteiger partial charge in [-0.15, -0.1) is 0 Å². The molecule has 2 heterocycles. The standard InChI is InChI=1S/C11H13NO.C10H10F2N2/c13-8-12-11-7-3-5-9-4-1-2-6-10(9)11;1-6-3-4-14-8(9(11)12)5-7(2)13-10(6)14/h1-2,4,6,8,11H,3,5,7H2,(H,12,13);3-5,9H,1-2H3. The molecule has 0 aliphatic heterocycles. The van der Waals surface area contributed by atoms with Crippen LogP contribution in [0.2, 0.25) is 0 Å². The van der Waals surface area contributed by atoms with E-state index >= 15 is 0 Å². The van der Waals surface area contributed by atoms with E-state index in [9.17, 15) is 13.6 Å². The predicted octanol–water partition coefficient (Wildman–Crippen LogP) is 4.70. The fourth-order valence-corrected chi connectivity index (χ4v) is 3.53. The Bertz CT molecular complexity index is 936. The van der Waals surface area contributed by atoms with E-state index in [-0.39, 0.29) is 11.7 Å². The van der Waals surface area contributed by atoms with Crippen LogP contribution in [0.1, 0.15) is 53.4 Å². The van der Waals surface area contributed by atoms with Crippen LogP contribution in [0.25, 0.3) is 5.65 Å². The molecule has 0 spiro atoms. The summed E-state index contributed by atoms with van der Waals surface area (Å²) in [5, 5.41) is 2.86. The van der Waals surface area contributed by atoms with Gasteiger partial charge in [-0.3, -0.25) is 9.20 Å². The Morgan fingerprint density at radius 1 is 1.26 bits per heavy atom. The van der Waals surface area contributed by atoms with Gasteiger partial charge < -0.3 is 5.32 Å². The van der Waals surface area contributed by atoms with E-state index in [1.54, 1.807) is 19.2 Å². The summed E-state index contributed by atoms with van der Waals surface area (Å²) in [6, 6.07) is 11.8. The topological polar surface area (TPSA) is 46.4 Å². The van der Waals surface area contributed by atoms with Crippen molar-refractivity contribution in [2.45, 2.75) is 45.6 Å². The molecule has 0 fully saturated rings. The summed E-state index contributed by atoms with van der Waals surface area (Å²) in [5.41, 5.74) is 4.82. The first-order chi connectivity index (χ1) is 13.0. The molecular formula is C21H23F2N3O. The number of rotatable bonds is 3. The minimum absolute atomic E-state index is 0.000556. The van der Waals surface area contributed by atoms with Gasteiger partial charge in [0.05, 0.1) is 11.7 Å². The van der Waals surface area contributed by atoms with Crippen molar-refractivity contribution in [1.82, 2.24) is 14.7 Å². The molecule has 1 aliphatic carbocycles. The molecule has 0 radical (unpaired) electrons. The van der Waals surface area contributed by atoms with Gasteiger partial charge in [0.1, 0.15) is 5.65 Å². The molecule has 1 N–H and O–H groups in total. The summed E-state index contributed by atoms with van der Waals surface area (Å²) in [4.78, 5) is 14.6. The number of halogens is 2. The number of carbonyl (C=O) groups is 1. The number of nitrogens with one attached hydrogen (secondary N) is 1. The second kappa shape index (κ2) is 8.29. The number of alkyl halides is 2. The quantitative estimate of drug-likeness (QED) is 0.679. The lowest BCUT2D eigenvalue weighted by Gasteiger charge is -2.24. The normalized spacial score (nSPS) is 15.8. The van der Waals surface area contributed by atoms with Crippen LogP contribution in [0.4, 0.5) is 8.78 Å². The van der Waals surface area contributed by atoms with Crippen molar-refractivity contribution in [3.8, 4) is 0 Å². The summed E-state index contributed by atoms with van der Waals surface area (Å²) in [7, 11) is 0. The number of amides is 1. The first-order valence-corrected chi connectivity index (χ1v) is 9.02. The first kappa shape index (κ1) is 19.0. The number of benzene rings is 1. The minimum Gasteiger partial charge on any atom is -0.352 e. The Morgan fingerprint density at radius 3 is 2.78 bits per heavy atom. The third kappa shape index (κ3) is 4.15. The molecule has 1 amide bonds. The highest BCUT2D eigenvalue weighted by atomic mass is 19.3. The molecule has 6 heteroatoms. The first-order valence-electron chi connectivity index (χ1n) is 9.02. The van der Waals surface area contributed by atoms with Crippen molar-refractivity contribution in [1.29, 1.82) is 0 Å². The summed E-state index contributed by atoms with van der Waals surface area (Å²) >= 11 is 0. The van der Waals surface area contributed by atoms with Crippen molar-refractivity contribution >= 4 is 12.1 Å². The van der Waals surface area contributed by atoms with Crippen LogP contribution in [0.3, 0.4) is 0 Å². The molecule has 0 saturated carbocycles. The van der Waals surface area contributed by atoms with Crippen LogP contribution >= 0.6 is 0 Å². The zero-order valence-electron chi connectivity index (χ0n) is 15.5. The van der Waals surface area contributed by atoms with Crippen LogP contribution in [0.5, 0.6) is 0 Å². The Balaban J connectivity index is 0.000000156. The lowest BCUT2D eigenvalue weighted by molar-refractivity contribution is -0.110. The summed E-state index contributed by atoms with van der Waals surface area (Å²) in [6.07, 6.45) is 3.34. The van der Waals surface area contributed by atoms with Crippen molar-refractivity contribution in [3.05, 3.63) is 70.7 Å². The van der Waals surface area contributed by atoms with Crippen LogP contribution < -0.4 is 5.32 Å². The number of hydrogen-bond acceptors (Lipinski definition) is 2. The summed E-state index contributed by atoms with van der Waals surface area (Å²) in [5.74, 6) is 0. The van der Waals surface area contributed by atoms with Crippen molar-refractivity contribution < 1.29 is 13.6 Å². The molecule has 3 aromatic rings. The highest BCUT2D eigenvalue weighted by molar-refractivity contribution is 5.50. The Morgan fingerprint density at radius 2 is 2.04 bits per heavy atom. The van der Waals surface area contributed by atoms with Crippen molar-refractivity contribution in [2.75, 3.05) is 0 Å². The molecule has 0 bridgehead atoms. The van der Waals surface area contributed by atoms with E-state index in [0.717, 1.165) is 24.8 Å². The van der Waals surface area contributed by atoms with Gasteiger partial charge in [-0.2, -0.15) is 0 Å². The molecular weight excluding hydrogens is 348 g/mol. The number of aryl methyl sites for hydroxylation is 3. The number of fused-ring (bicyclic) bond motifs is 2. The third-order valence-electron chi connectivity index (χ3n) is 4.83. The maximum Gasteiger partial charge on any atom is 0.278 e. The van der Waals surface area contributed by atoms with Crippen LogP contribution in [-0.4, -0.2) is 15.8 Å². The Hall–Kier alpha value is -2.76. The lowest BCUT2D eigenvalue weighted by Crippen LogP contribution is -2.23.